The molecule has 4 rings (SSSR count). The maximum atomic E-state index is 13.8. The van der Waals surface area contributed by atoms with Crippen LogP contribution >= 0.6 is 15.9 Å². The van der Waals surface area contributed by atoms with Gasteiger partial charge in [-0.25, -0.2) is 14.6 Å². The fraction of sp³-hybridized carbons (Fsp3) is 0.167. The van der Waals surface area contributed by atoms with E-state index in [0.717, 1.165) is 20.9 Å². The van der Waals surface area contributed by atoms with Crippen LogP contribution in [0.1, 0.15) is 23.6 Å². The first-order chi connectivity index (χ1) is 18.3. The van der Waals surface area contributed by atoms with Gasteiger partial charge in [-0.15, -0.1) is 0 Å². The van der Waals surface area contributed by atoms with Crippen molar-refractivity contribution in [3.63, 3.8) is 0 Å². The van der Waals surface area contributed by atoms with Crippen molar-refractivity contribution in [2.45, 2.75) is 20.8 Å². The Bertz CT molecular complexity index is 1390. The van der Waals surface area contributed by atoms with Crippen LogP contribution in [0.5, 0.6) is 11.5 Å². The first-order valence-corrected chi connectivity index (χ1v) is 12.8. The Morgan fingerprint density at radius 2 is 1.42 bits per heavy atom. The molecule has 0 N–H and O–H groups in total. The van der Waals surface area contributed by atoms with Gasteiger partial charge >= 0.3 is 6.03 Å². The molecule has 0 saturated carbocycles. The lowest BCUT2D eigenvalue weighted by molar-refractivity contribution is -0.121. The summed E-state index contributed by atoms with van der Waals surface area (Å²) in [6.07, 6.45) is 3.09. The maximum Gasteiger partial charge on any atom is 0.343 e. The molecule has 0 unspecified atom stereocenters. The minimum absolute atomic E-state index is 0.162. The van der Waals surface area contributed by atoms with Crippen molar-refractivity contribution in [1.29, 1.82) is 0 Å². The largest absolute Gasteiger partial charge is 0.490 e. The Labute approximate surface area is 230 Å². The number of imide groups is 2. The van der Waals surface area contributed by atoms with E-state index in [1.54, 1.807) is 68.5 Å². The maximum absolute atomic E-state index is 13.8. The number of barbiturate groups is 1. The summed E-state index contributed by atoms with van der Waals surface area (Å²) in [5, 5.41) is 0. The number of anilines is 2. The van der Waals surface area contributed by atoms with Crippen molar-refractivity contribution in [2.75, 3.05) is 23.0 Å². The SMILES string of the molecule is C=CCOc1c(Br)cc(C=C2C(=O)N(c3ccccc3C)C(=O)N(c3ccccc3C)C2=O)cc1OCC. The molecule has 4 amide bonds. The monoisotopic (exact) mass is 574 g/mol. The van der Waals surface area contributed by atoms with Gasteiger partial charge in [0.1, 0.15) is 12.2 Å². The Morgan fingerprint density at radius 3 is 1.92 bits per heavy atom. The van der Waals surface area contributed by atoms with Crippen LogP contribution in [0.15, 0.2) is 83.4 Å². The van der Waals surface area contributed by atoms with E-state index in [1.165, 1.54) is 6.08 Å². The number of para-hydroxylation sites is 2. The fourth-order valence-corrected chi connectivity index (χ4v) is 4.74. The van der Waals surface area contributed by atoms with Crippen molar-refractivity contribution in [2.24, 2.45) is 0 Å². The van der Waals surface area contributed by atoms with Crippen LogP contribution in [0.4, 0.5) is 16.2 Å². The zero-order chi connectivity index (χ0) is 27.4. The standard InChI is InChI=1S/C30H27BrN2O5/c1-5-15-38-27-23(31)17-21(18-26(27)37-6-2)16-22-28(34)32(24-13-9-7-11-19(24)3)30(36)33(29(22)35)25-14-10-8-12-20(25)4/h5,7-14,16-18H,1,6,15H2,2-4H3. The molecule has 0 atom stereocenters. The van der Waals surface area contributed by atoms with Gasteiger partial charge in [-0.1, -0.05) is 49.1 Å². The normalized spacial score (nSPS) is 13.6. The predicted octanol–water partition coefficient (Wildman–Crippen LogP) is 6.61. The molecular weight excluding hydrogens is 548 g/mol. The molecule has 1 saturated heterocycles. The van der Waals surface area contributed by atoms with Crippen molar-refractivity contribution in [1.82, 2.24) is 0 Å². The van der Waals surface area contributed by atoms with Gasteiger partial charge in [-0.05, 0) is 83.7 Å². The highest BCUT2D eigenvalue weighted by Gasteiger charge is 2.44. The molecule has 0 aliphatic carbocycles. The van der Waals surface area contributed by atoms with Crippen molar-refractivity contribution in [3.05, 3.63) is 100 Å². The topological polar surface area (TPSA) is 76.2 Å². The zero-order valence-electron chi connectivity index (χ0n) is 21.4. The molecule has 0 spiro atoms. The highest BCUT2D eigenvalue weighted by atomic mass is 79.9. The number of benzene rings is 3. The Kier molecular flexibility index (Phi) is 8.12. The highest BCUT2D eigenvalue weighted by Crippen LogP contribution is 2.38. The molecule has 194 valence electrons. The fourth-order valence-electron chi connectivity index (χ4n) is 4.17. The van der Waals surface area contributed by atoms with Crippen LogP contribution in [0.3, 0.4) is 0 Å². The Balaban J connectivity index is 1.89. The van der Waals surface area contributed by atoms with E-state index in [0.29, 0.717) is 39.5 Å². The average Bonchev–Trinajstić information content (AvgIpc) is 2.88. The lowest BCUT2D eigenvalue weighted by Gasteiger charge is -2.35. The first-order valence-electron chi connectivity index (χ1n) is 12.0. The van der Waals surface area contributed by atoms with Gasteiger partial charge in [-0.2, -0.15) is 0 Å². The molecule has 0 aromatic heterocycles. The minimum Gasteiger partial charge on any atom is -0.490 e. The summed E-state index contributed by atoms with van der Waals surface area (Å²) in [6, 6.07) is 16.8. The summed E-state index contributed by atoms with van der Waals surface area (Å²) in [5.74, 6) is -0.497. The van der Waals surface area contributed by atoms with E-state index in [4.69, 9.17) is 9.47 Å². The number of amides is 4. The third-order valence-corrected chi connectivity index (χ3v) is 6.54. The number of halogens is 1. The van der Waals surface area contributed by atoms with Crippen LogP contribution in [0.25, 0.3) is 6.08 Å². The minimum atomic E-state index is -0.731. The van der Waals surface area contributed by atoms with Gasteiger partial charge in [0.15, 0.2) is 11.5 Å². The van der Waals surface area contributed by atoms with Gasteiger partial charge in [-0.3, -0.25) is 9.59 Å². The number of aryl methyl sites for hydroxylation is 2. The van der Waals surface area contributed by atoms with Gasteiger partial charge in [0.05, 0.1) is 22.5 Å². The van der Waals surface area contributed by atoms with Crippen LogP contribution < -0.4 is 19.3 Å². The van der Waals surface area contributed by atoms with Gasteiger partial charge < -0.3 is 9.47 Å². The molecule has 0 radical (unpaired) electrons. The van der Waals surface area contributed by atoms with Gasteiger partial charge in [0.25, 0.3) is 11.8 Å². The summed E-state index contributed by atoms with van der Waals surface area (Å²) in [7, 11) is 0. The quantitative estimate of drug-likeness (QED) is 0.172. The number of hydrogen-bond donors (Lipinski definition) is 0. The highest BCUT2D eigenvalue weighted by molar-refractivity contribution is 9.10. The number of ether oxygens (including phenoxy) is 2. The third kappa shape index (κ3) is 5.13. The summed E-state index contributed by atoms with van der Waals surface area (Å²) in [6.45, 7) is 9.78. The number of nitrogens with zero attached hydrogens (tertiary/aromatic N) is 2. The number of urea groups is 1. The molecular formula is C30H27BrN2O5. The summed E-state index contributed by atoms with van der Waals surface area (Å²) in [5.41, 5.74) is 2.61. The number of carbonyl (C=O) groups excluding carboxylic acids is 3. The van der Waals surface area contributed by atoms with Crippen molar-refractivity contribution in [3.8, 4) is 11.5 Å². The molecule has 3 aromatic rings. The van der Waals surface area contributed by atoms with Crippen molar-refractivity contribution < 1.29 is 23.9 Å². The molecule has 3 aromatic carbocycles. The lowest BCUT2D eigenvalue weighted by atomic mass is 10.0. The summed E-state index contributed by atoms with van der Waals surface area (Å²) in [4.78, 5) is 43.4. The second kappa shape index (κ2) is 11.5. The third-order valence-electron chi connectivity index (χ3n) is 5.95. The molecule has 38 heavy (non-hydrogen) atoms. The van der Waals surface area contributed by atoms with Gasteiger partial charge in [0, 0.05) is 0 Å². The second-order valence-corrected chi connectivity index (χ2v) is 9.41. The molecule has 0 bridgehead atoms. The van der Waals surface area contributed by atoms with Crippen LogP contribution in [0.2, 0.25) is 0 Å². The van der Waals surface area contributed by atoms with Crippen LogP contribution in [-0.2, 0) is 9.59 Å². The van der Waals surface area contributed by atoms with E-state index in [2.05, 4.69) is 22.5 Å². The van der Waals surface area contributed by atoms with Crippen molar-refractivity contribution >= 4 is 51.2 Å². The second-order valence-electron chi connectivity index (χ2n) is 8.56. The van der Waals surface area contributed by atoms with Crippen LogP contribution in [-0.4, -0.2) is 31.1 Å². The van der Waals surface area contributed by atoms with Crippen LogP contribution in [0, 0.1) is 13.8 Å². The molecule has 1 aliphatic heterocycles. The van der Waals surface area contributed by atoms with E-state index in [-0.39, 0.29) is 12.2 Å². The average molecular weight is 575 g/mol. The zero-order valence-corrected chi connectivity index (χ0v) is 22.9. The molecule has 1 heterocycles. The Morgan fingerprint density at radius 1 is 0.868 bits per heavy atom. The molecule has 7 nitrogen and oxygen atoms in total. The smallest absolute Gasteiger partial charge is 0.343 e. The lowest BCUT2D eigenvalue weighted by Crippen LogP contribution is -2.57. The Hall–Kier alpha value is -4.17. The number of hydrogen-bond acceptors (Lipinski definition) is 5. The van der Waals surface area contributed by atoms with Gasteiger partial charge in [0.2, 0.25) is 0 Å². The summed E-state index contributed by atoms with van der Waals surface area (Å²) < 4.78 is 12.1. The van der Waals surface area contributed by atoms with E-state index in [1.807, 2.05) is 19.1 Å². The van der Waals surface area contributed by atoms with E-state index >= 15 is 0 Å². The predicted molar refractivity (Wildman–Crippen MR) is 152 cm³/mol. The number of rotatable bonds is 8. The molecule has 1 aliphatic rings. The summed E-state index contributed by atoms with van der Waals surface area (Å²) >= 11 is 3.51. The first kappa shape index (κ1) is 26.9. The van der Waals surface area contributed by atoms with E-state index in [9.17, 15) is 14.4 Å². The number of carbonyl (C=O) groups is 3. The molecule has 8 heteroatoms. The molecule has 1 fully saturated rings. The van der Waals surface area contributed by atoms with E-state index < -0.39 is 17.8 Å².